The smallest absolute Gasteiger partial charge is 0.249 e. The van der Waals surface area contributed by atoms with Crippen molar-refractivity contribution in [3.63, 3.8) is 0 Å². The molecule has 5 nitrogen and oxygen atoms in total. The first-order chi connectivity index (χ1) is 6.72. The van der Waals surface area contributed by atoms with E-state index >= 15 is 0 Å². The lowest BCUT2D eigenvalue weighted by Gasteiger charge is -1.84. The van der Waals surface area contributed by atoms with Crippen LogP contribution in [0.5, 0.6) is 0 Å². The Labute approximate surface area is 78.8 Å². The van der Waals surface area contributed by atoms with E-state index in [4.69, 9.17) is 8.83 Å². The number of hydrogen-bond acceptors (Lipinski definition) is 5. The number of rotatable bonds is 0. The molecule has 0 aliphatic rings. The SMILES string of the molecule is Cc1nc2nc3oc(C)nc3cc2o1. The molecule has 5 heteroatoms. The fraction of sp³-hybridized carbons (Fsp3) is 0.222. The number of aryl methyl sites for hydroxylation is 2. The van der Waals surface area contributed by atoms with Gasteiger partial charge in [-0.1, -0.05) is 0 Å². The van der Waals surface area contributed by atoms with Crippen molar-refractivity contribution in [3.8, 4) is 0 Å². The Kier molecular flexibility index (Phi) is 1.24. The molecule has 0 saturated heterocycles. The first-order valence-electron chi connectivity index (χ1n) is 4.24. The fourth-order valence-corrected chi connectivity index (χ4v) is 1.43. The molecule has 3 rings (SSSR count). The number of fused-ring (bicyclic) bond motifs is 2. The van der Waals surface area contributed by atoms with Crippen LogP contribution in [0.2, 0.25) is 0 Å². The maximum atomic E-state index is 5.33. The molecule has 14 heavy (non-hydrogen) atoms. The van der Waals surface area contributed by atoms with E-state index in [1.165, 1.54) is 0 Å². The van der Waals surface area contributed by atoms with Crippen LogP contribution in [0, 0.1) is 13.8 Å². The van der Waals surface area contributed by atoms with Gasteiger partial charge in [0, 0.05) is 19.9 Å². The zero-order valence-corrected chi connectivity index (χ0v) is 7.74. The topological polar surface area (TPSA) is 65.0 Å². The maximum absolute atomic E-state index is 5.33. The van der Waals surface area contributed by atoms with Gasteiger partial charge in [-0.3, -0.25) is 0 Å². The summed E-state index contributed by atoms with van der Waals surface area (Å²) in [4.78, 5) is 12.4. The highest BCUT2D eigenvalue weighted by atomic mass is 16.4. The number of oxazole rings is 2. The van der Waals surface area contributed by atoms with Gasteiger partial charge >= 0.3 is 0 Å². The highest BCUT2D eigenvalue weighted by molar-refractivity contribution is 5.82. The van der Waals surface area contributed by atoms with E-state index in [0.717, 1.165) is 0 Å². The van der Waals surface area contributed by atoms with Gasteiger partial charge in [-0.15, -0.1) is 0 Å². The zero-order valence-electron chi connectivity index (χ0n) is 7.74. The van der Waals surface area contributed by atoms with Crippen molar-refractivity contribution in [2.24, 2.45) is 0 Å². The Morgan fingerprint density at radius 1 is 1.00 bits per heavy atom. The van der Waals surface area contributed by atoms with Gasteiger partial charge < -0.3 is 8.83 Å². The summed E-state index contributed by atoms with van der Waals surface area (Å²) in [6.07, 6.45) is 0. The molecule has 0 amide bonds. The molecule has 0 unspecified atom stereocenters. The molecule has 0 aliphatic heterocycles. The lowest BCUT2D eigenvalue weighted by molar-refractivity contribution is 0.552. The van der Waals surface area contributed by atoms with Crippen molar-refractivity contribution >= 4 is 22.5 Å². The molecule has 0 bridgehead atoms. The van der Waals surface area contributed by atoms with E-state index in [0.29, 0.717) is 34.2 Å². The van der Waals surface area contributed by atoms with Gasteiger partial charge in [-0.05, 0) is 0 Å². The normalized spacial score (nSPS) is 11.6. The summed E-state index contributed by atoms with van der Waals surface area (Å²) >= 11 is 0. The number of nitrogens with zero attached hydrogens (tertiary/aromatic N) is 3. The highest BCUT2D eigenvalue weighted by Crippen LogP contribution is 2.20. The molecule has 3 aromatic heterocycles. The molecule has 0 fully saturated rings. The fourth-order valence-electron chi connectivity index (χ4n) is 1.43. The molecule has 3 aromatic rings. The minimum atomic E-state index is 0.503. The quantitative estimate of drug-likeness (QED) is 0.541. The average molecular weight is 189 g/mol. The second kappa shape index (κ2) is 2.31. The van der Waals surface area contributed by atoms with Gasteiger partial charge in [0.2, 0.25) is 11.4 Å². The van der Waals surface area contributed by atoms with Crippen LogP contribution in [0.4, 0.5) is 0 Å². The number of hydrogen-bond donors (Lipinski definition) is 0. The standard InChI is InChI=1S/C9H7N3O2/c1-4-10-6-3-7-8(11-5(2)13-7)12-9(6)14-4/h3H,1-2H3. The summed E-state index contributed by atoms with van der Waals surface area (Å²) in [5, 5.41) is 0. The van der Waals surface area contributed by atoms with E-state index in [1.54, 1.807) is 19.9 Å². The predicted octanol–water partition coefficient (Wildman–Crippen LogP) is 1.98. The largest absolute Gasteiger partial charge is 0.439 e. The molecular weight excluding hydrogens is 182 g/mol. The minimum Gasteiger partial charge on any atom is -0.439 e. The average Bonchev–Trinajstić information content (AvgIpc) is 2.59. The monoisotopic (exact) mass is 189 g/mol. The Morgan fingerprint density at radius 2 is 1.79 bits per heavy atom. The van der Waals surface area contributed by atoms with Crippen molar-refractivity contribution in [1.82, 2.24) is 15.0 Å². The lowest BCUT2D eigenvalue weighted by Crippen LogP contribution is -1.77. The van der Waals surface area contributed by atoms with Gasteiger partial charge in [-0.25, -0.2) is 4.98 Å². The molecule has 0 N–H and O–H groups in total. The molecule has 3 heterocycles. The van der Waals surface area contributed by atoms with E-state index in [-0.39, 0.29) is 0 Å². The zero-order chi connectivity index (χ0) is 9.71. The van der Waals surface area contributed by atoms with Gasteiger partial charge in [0.15, 0.2) is 17.4 Å². The second-order valence-corrected chi connectivity index (χ2v) is 3.10. The third-order valence-corrected chi connectivity index (χ3v) is 1.96. The molecule has 70 valence electrons. The summed E-state index contributed by atoms with van der Waals surface area (Å²) < 4.78 is 10.6. The van der Waals surface area contributed by atoms with Gasteiger partial charge in [0.25, 0.3) is 0 Å². The Morgan fingerprint density at radius 3 is 2.64 bits per heavy atom. The molecule has 0 aromatic carbocycles. The summed E-state index contributed by atoms with van der Waals surface area (Å²) in [7, 11) is 0. The van der Waals surface area contributed by atoms with Crippen LogP contribution in [0.3, 0.4) is 0 Å². The van der Waals surface area contributed by atoms with Crippen molar-refractivity contribution in [2.75, 3.05) is 0 Å². The maximum Gasteiger partial charge on any atom is 0.249 e. The van der Waals surface area contributed by atoms with Crippen LogP contribution < -0.4 is 0 Å². The first-order valence-corrected chi connectivity index (χ1v) is 4.24. The van der Waals surface area contributed by atoms with Crippen LogP contribution in [0.1, 0.15) is 11.8 Å². The van der Waals surface area contributed by atoms with Crippen LogP contribution >= 0.6 is 0 Å². The van der Waals surface area contributed by atoms with E-state index in [2.05, 4.69) is 15.0 Å². The van der Waals surface area contributed by atoms with E-state index in [1.807, 2.05) is 0 Å². The minimum absolute atomic E-state index is 0.503. The van der Waals surface area contributed by atoms with Crippen molar-refractivity contribution in [3.05, 3.63) is 17.8 Å². The number of aromatic nitrogens is 3. The summed E-state index contributed by atoms with van der Waals surface area (Å²) in [6, 6.07) is 1.79. The van der Waals surface area contributed by atoms with Gasteiger partial charge in [0.1, 0.15) is 5.52 Å². The van der Waals surface area contributed by atoms with Gasteiger partial charge in [0.05, 0.1) is 0 Å². The predicted molar refractivity (Wildman–Crippen MR) is 48.8 cm³/mol. The first kappa shape index (κ1) is 7.49. The Balaban J connectivity index is 2.49. The Hall–Kier alpha value is -1.91. The van der Waals surface area contributed by atoms with Crippen molar-refractivity contribution in [1.29, 1.82) is 0 Å². The van der Waals surface area contributed by atoms with Crippen LogP contribution in [-0.4, -0.2) is 15.0 Å². The summed E-state index contributed by atoms with van der Waals surface area (Å²) in [5.41, 5.74) is 2.41. The van der Waals surface area contributed by atoms with Crippen LogP contribution in [-0.2, 0) is 0 Å². The molecule has 0 spiro atoms. The van der Waals surface area contributed by atoms with Crippen molar-refractivity contribution < 1.29 is 8.83 Å². The third kappa shape index (κ3) is 0.921. The van der Waals surface area contributed by atoms with E-state index < -0.39 is 0 Å². The third-order valence-electron chi connectivity index (χ3n) is 1.96. The highest BCUT2D eigenvalue weighted by Gasteiger charge is 2.09. The van der Waals surface area contributed by atoms with E-state index in [9.17, 15) is 0 Å². The lowest BCUT2D eigenvalue weighted by atomic mass is 10.4. The van der Waals surface area contributed by atoms with Crippen LogP contribution in [0.25, 0.3) is 22.5 Å². The molecule has 0 saturated carbocycles. The summed E-state index contributed by atoms with van der Waals surface area (Å²) in [5.74, 6) is 1.19. The molecular formula is C9H7N3O2. The Bertz CT molecular complexity index is 521. The second-order valence-electron chi connectivity index (χ2n) is 3.10. The number of pyridine rings is 1. The van der Waals surface area contributed by atoms with Crippen molar-refractivity contribution in [2.45, 2.75) is 13.8 Å². The van der Waals surface area contributed by atoms with Crippen LogP contribution in [0.15, 0.2) is 14.9 Å². The summed E-state index contributed by atoms with van der Waals surface area (Å²) in [6.45, 7) is 3.56. The molecule has 0 atom stereocenters. The molecule has 0 radical (unpaired) electrons. The molecule has 0 aliphatic carbocycles. The van der Waals surface area contributed by atoms with Gasteiger partial charge in [-0.2, -0.15) is 9.97 Å².